The van der Waals surface area contributed by atoms with Gasteiger partial charge < -0.3 is 44.3 Å². The number of anilines is 1. The van der Waals surface area contributed by atoms with Crippen molar-refractivity contribution in [3.05, 3.63) is 30.5 Å². The molecule has 0 bridgehead atoms. The van der Waals surface area contributed by atoms with Crippen LogP contribution in [0.5, 0.6) is 0 Å². The summed E-state index contributed by atoms with van der Waals surface area (Å²) in [4.78, 5) is 48.0. The predicted octanol–water partition coefficient (Wildman–Crippen LogP) is 4.72. The second-order valence-corrected chi connectivity index (χ2v) is 18.5. The summed E-state index contributed by atoms with van der Waals surface area (Å²) in [6, 6.07) is 6.14. The number of fused-ring (bicyclic) bond motifs is 1. The molecule has 3 unspecified atom stereocenters. The zero-order valence-corrected chi connectivity index (χ0v) is 38.2. The van der Waals surface area contributed by atoms with Crippen molar-refractivity contribution in [1.29, 1.82) is 0 Å². The molecule has 0 spiro atoms. The van der Waals surface area contributed by atoms with Crippen molar-refractivity contribution < 1.29 is 47.6 Å². The fourth-order valence-electron chi connectivity index (χ4n) is 9.82. The van der Waals surface area contributed by atoms with E-state index in [1.807, 2.05) is 70.4 Å². The Kier molecular flexibility index (Phi) is 15.3. The highest BCUT2D eigenvalue weighted by Gasteiger charge is 2.61. The number of alkyl halides is 1. The monoisotopic (exact) mass is 860 g/mol. The van der Waals surface area contributed by atoms with Crippen molar-refractivity contribution in [2.45, 2.75) is 160 Å². The maximum Gasteiger partial charge on any atom is 0.410 e. The van der Waals surface area contributed by atoms with Gasteiger partial charge in [0.25, 0.3) is 5.67 Å². The fourth-order valence-corrected chi connectivity index (χ4v) is 9.82. The summed E-state index contributed by atoms with van der Waals surface area (Å²) < 4.78 is 49.8. The Morgan fingerprint density at radius 2 is 1.77 bits per heavy atom. The molecule has 17 heteroatoms. The van der Waals surface area contributed by atoms with E-state index in [1.54, 1.807) is 30.4 Å². The minimum Gasteiger partial charge on any atom is -0.455 e. The van der Waals surface area contributed by atoms with Crippen LogP contribution in [0.15, 0.2) is 30.5 Å². The van der Waals surface area contributed by atoms with Crippen LogP contribution in [-0.2, 0) is 39.8 Å². The molecule has 61 heavy (non-hydrogen) atoms. The third kappa shape index (κ3) is 10.2. The second-order valence-electron chi connectivity index (χ2n) is 18.5. The van der Waals surface area contributed by atoms with Crippen molar-refractivity contribution >= 4 is 23.5 Å². The number of carbonyl (C=O) groups excluding carboxylic acids is 3. The van der Waals surface area contributed by atoms with Crippen LogP contribution in [0.2, 0.25) is 0 Å². The number of Topliss-reactive ketones (excluding diaryl/α,β-unsaturated/α-hetero) is 1. The number of cyclic esters (lactones) is 1. The van der Waals surface area contributed by atoms with Gasteiger partial charge in [-0.1, -0.05) is 38.1 Å². The van der Waals surface area contributed by atoms with Crippen molar-refractivity contribution in [1.82, 2.24) is 29.7 Å². The van der Waals surface area contributed by atoms with Gasteiger partial charge in [0, 0.05) is 56.0 Å². The van der Waals surface area contributed by atoms with Gasteiger partial charge in [-0.3, -0.25) is 14.4 Å². The van der Waals surface area contributed by atoms with Crippen LogP contribution in [0.25, 0.3) is 11.3 Å². The molecule has 342 valence electrons. The summed E-state index contributed by atoms with van der Waals surface area (Å²) in [5.74, 6) is -3.84. The number of aromatic nitrogens is 3. The Labute approximate surface area is 360 Å². The van der Waals surface area contributed by atoms with Crippen molar-refractivity contribution in [2.75, 3.05) is 47.1 Å². The van der Waals surface area contributed by atoms with Crippen LogP contribution in [-0.4, -0.2) is 160 Å². The number of esters is 1. The van der Waals surface area contributed by atoms with Gasteiger partial charge in [-0.25, -0.2) is 14.0 Å². The predicted molar refractivity (Wildman–Crippen MR) is 227 cm³/mol. The molecular weight excluding hydrogens is 790 g/mol. The number of halogens is 1. The van der Waals surface area contributed by atoms with E-state index in [4.69, 9.17) is 29.4 Å². The van der Waals surface area contributed by atoms with E-state index in [9.17, 15) is 19.5 Å². The van der Waals surface area contributed by atoms with Crippen LogP contribution in [0.1, 0.15) is 87.5 Å². The topological polar surface area (TPSA) is 184 Å². The van der Waals surface area contributed by atoms with Gasteiger partial charge >= 0.3 is 12.1 Å². The first kappa shape index (κ1) is 48.3. The molecule has 0 aliphatic carbocycles. The molecule has 1 aromatic carbocycles. The number of aryl methyl sites for hydroxylation is 1. The highest BCUT2D eigenvalue weighted by molar-refractivity contribution is 6.07. The molecule has 13 atom stereocenters. The number of hydrogen-bond donors (Lipinski definition) is 2. The molecule has 3 aliphatic rings. The van der Waals surface area contributed by atoms with Gasteiger partial charge in [0.15, 0.2) is 17.7 Å². The number of hydrogen-bond acceptors (Lipinski definition) is 14. The summed E-state index contributed by atoms with van der Waals surface area (Å²) in [5.41, 5.74) is 2.38. The van der Waals surface area contributed by atoms with Gasteiger partial charge in [-0.15, -0.1) is 5.10 Å². The SMILES string of the molecule is CC[C@H]1OC(=O)C(C)(F)C(=O)[C@H](C)[C@@H](O[C@@H]2O[C@H](C)CC(N(C)C)C2O)[C@](C)(OC)C[C@@H](C)CN(C)[C@H](C)[C@H]2N(CCCCn3cc(-c4cccc(N)c4)nn3)C(=O)O[C@]12C. The molecular formula is C44H70FN7O9. The molecule has 1 amide bonds. The number of likely N-dealkylation sites (N-methyl/N-ethyl adjacent to an activating group) is 2. The molecule has 3 aliphatic heterocycles. The lowest BCUT2D eigenvalue weighted by molar-refractivity contribution is -0.295. The molecule has 0 radical (unpaired) electrons. The van der Waals surface area contributed by atoms with Crippen LogP contribution in [0.4, 0.5) is 14.9 Å². The van der Waals surface area contributed by atoms with Gasteiger partial charge in [0.2, 0.25) is 0 Å². The molecule has 3 N–H and O–H groups in total. The highest BCUT2D eigenvalue weighted by atomic mass is 19.1. The quantitative estimate of drug-likeness (QED) is 0.137. The van der Waals surface area contributed by atoms with Crippen molar-refractivity contribution in [2.24, 2.45) is 11.8 Å². The molecule has 2 aromatic rings. The third-order valence-electron chi connectivity index (χ3n) is 13.3. The largest absolute Gasteiger partial charge is 0.455 e. The number of ether oxygens (including phenoxy) is 5. The zero-order chi connectivity index (χ0) is 45.2. The molecule has 3 saturated heterocycles. The first-order valence-electron chi connectivity index (χ1n) is 21.7. The number of nitrogens with two attached hydrogens (primary N) is 1. The van der Waals surface area contributed by atoms with Crippen LogP contribution >= 0.6 is 0 Å². The Hall–Kier alpha value is -3.74. The molecule has 4 heterocycles. The van der Waals surface area contributed by atoms with Crippen LogP contribution in [0, 0.1) is 11.8 Å². The standard InChI is InChI=1S/C44H70FN7O9/c1-13-34-44(8)36(52(41(56)61-44)20-15-14-19-51-25-32(47-48-51)30-17-16-18-31(46)22-30)29(5)50(11)24-26(2)23-42(6,57-12)38(28(4)37(54)43(7,45)40(55)59-34)60-39-35(53)33(49(9)10)21-27(3)58-39/h16-18,22,25-29,33-36,38-39,53H,13-15,19-21,23-24,46H2,1-12H3/t26-,27-,28+,29-,33?,34-,35?,36-,38-,39+,42-,43?,44-/m1/s1. The lowest BCUT2D eigenvalue weighted by Crippen LogP contribution is -2.61. The third-order valence-corrected chi connectivity index (χ3v) is 13.3. The van der Waals surface area contributed by atoms with Crippen molar-refractivity contribution in [3.63, 3.8) is 0 Å². The van der Waals surface area contributed by atoms with Crippen molar-refractivity contribution in [3.8, 4) is 11.3 Å². The number of aliphatic hydroxyl groups is 1. The number of amides is 1. The lowest BCUT2D eigenvalue weighted by atomic mass is 9.77. The molecule has 5 rings (SSSR count). The van der Waals surface area contributed by atoms with Gasteiger partial charge in [-0.05, 0) is 106 Å². The normalized spacial score (nSPS) is 37.2. The maximum absolute atomic E-state index is 17.0. The number of unbranched alkanes of at least 4 members (excludes halogenated alkanes) is 1. The average molecular weight is 860 g/mol. The Balaban J connectivity index is 1.43. The zero-order valence-electron chi connectivity index (χ0n) is 38.2. The summed E-state index contributed by atoms with van der Waals surface area (Å²) in [6.07, 6.45) is -1.22. The Morgan fingerprint density at radius 3 is 2.41 bits per heavy atom. The number of methoxy groups -OCH3 is 1. The number of aliphatic hydroxyl groups excluding tert-OH is 1. The number of benzene rings is 1. The average Bonchev–Trinajstić information content (AvgIpc) is 3.78. The Morgan fingerprint density at radius 1 is 1.08 bits per heavy atom. The van der Waals surface area contributed by atoms with E-state index in [0.29, 0.717) is 56.7 Å². The highest BCUT2D eigenvalue weighted by Crippen LogP contribution is 2.42. The van der Waals surface area contributed by atoms with Gasteiger partial charge in [0.1, 0.15) is 17.9 Å². The number of nitrogen functional groups attached to an aromatic ring is 1. The summed E-state index contributed by atoms with van der Waals surface area (Å²) in [5, 5.41) is 20.0. The first-order chi connectivity index (χ1) is 28.6. The van der Waals surface area contributed by atoms with Crippen LogP contribution in [0.3, 0.4) is 0 Å². The van der Waals surface area contributed by atoms with Gasteiger partial charge in [0.05, 0.1) is 30.0 Å². The maximum atomic E-state index is 17.0. The van der Waals surface area contributed by atoms with E-state index in [2.05, 4.69) is 22.1 Å². The number of nitrogens with zero attached hydrogens (tertiary/aromatic N) is 6. The first-order valence-corrected chi connectivity index (χ1v) is 21.7. The fraction of sp³-hybridized carbons (Fsp3) is 0.750. The molecule has 1 aromatic heterocycles. The van der Waals surface area contributed by atoms with E-state index >= 15 is 4.39 Å². The summed E-state index contributed by atoms with van der Waals surface area (Å²) in [6.45, 7) is 15.0. The summed E-state index contributed by atoms with van der Waals surface area (Å²) in [7, 11) is 7.19. The smallest absolute Gasteiger partial charge is 0.410 e. The van der Waals surface area contributed by atoms with E-state index in [-0.39, 0.29) is 30.5 Å². The second kappa shape index (κ2) is 19.3. The molecule has 0 saturated carbocycles. The lowest BCUT2D eigenvalue weighted by Gasteiger charge is -2.47. The number of carbonyl (C=O) groups is 3. The van der Waals surface area contributed by atoms with Crippen LogP contribution < -0.4 is 5.73 Å². The van der Waals surface area contributed by atoms with Gasteiger partial charge in [-0.2, -0.15) is 0 Å². The minimum atomic E-state index is -3.13. The number of ketones is 1. The van der Waals surface area contributed by atoms with E-state index in [0.717, 1.165) is 12.5 Å². The summed E-state index contributed by atoms with van der Waals surface area (Å²) >= 11 is 0. The molecule has 16 nitrogen and oxygen atoms in total. The minimum absolute atomic E-state index is 0.101. The molecule has 3 fully saturated rings. The Bertz CT molecular complexity index is 1830. The van der Waals surface area contributed by atoms with E-state index < -0.39 is 71.3 Å². The van der Waals surface area contributed by atoms with E-state index in [1.165, 1.54) is 14.0 Å². The number of rotatable bonds is 11.